The van der Waals surface area contributed by atoms with Gasteiger partial charge in [0.05, 0.1) is 0 Å². The van der Waals surface area contributed by atoms with E-state index in [0.29, 0.717) is 0 Å². The summed E-state index contributed by atoms with van der Waals surface area (Å²) < 4.78 is 2.04. The zero-order chi connectivity index (χ0) is 8.81. The van der Waals surface area contributed by atoms with E-state index in [-0.39, 0.29) is 0 Å². The Morgan fingerprint density at radius 2 is 2.50 bits per heavy atom. The average Bonchev–Trinajstić information content (AvgIpc) is 2.46. The number of nitrogens with zero attached hydrogens (tertiary/aromatic N) is 2. The predicted molar refractivity (Wildman–Crippen MR) is 52.5 cm³/mol. The van der Waals surface area contributed by atoms with Gasteiger partial charge < -0.3 is 9.88 Å². The number of nitrogens with one attached hydrogen (secondary N) is 1. The van der Waals surface area contributed by atoms with Gasteiger partial charge in [-0.25, -0.2) is 4.98 Å². The lowest BCUT2D eigenvalue weighted by Gasteiger charge is -2.01. The molecular formula is C8H15N3S. The Kier molecular flexibility index (Phi) is 4.18. The predicted octanol–water partition coefficient (Wildman–Crippen LogP) is 1.12. The first kappa shape index (κ1) is 9.61. The number of aromatic nitrogens is 2. The third kappa shape index (κ3) is 2.87. The normalized spacial score (nSPS) is 10.5. The van der Waals surface area contributed by atoms with Crippen molar-refractivity contribution in [3.05, 3.63) is 12.4 Å². The fourth-order valence-corrected chi connectivity index (χ4v) is 1.71. The molecule has 1 heterocycles. The Hall–Kier alpha value is -0.480. The van der Waals surface area contributed by atoms with Crippen LogP contribution in [0.15, 0.2) is 17.6 Å². The Labute approximate surface area is 77.6 Å². The molecule has 12 heavy (non-hydrogen) atoms. The molecular weight excluding hydrogens is 170 g/mol. The largest absolute Gasteiger partial charge is 0.329 e. The summed E-state index contributed by atoms with van der Waals surface area (Å²) in [6.07, 6.45) is 3.80. The van der Waals surface area contributed by atoms with Crippen LogP contribution in [0.25, 0.3) is 0 Å². The van der Waals surface area contributed by atoms with Gasteiger partial charge in [-0.1, -0.05) is 18.7 Å². The van der Waals surface area contributed by atoms with Crippen molar-refractivity contribution in [2.75, 3.05) is 18.8 Å². The summed E-state index contributed by atoms with van der Waals surface area (Å²) in [6, 6.07) is 0. The highest BCUT2D eigenvalue weighted by Crippen LogP contribution is 2.12. The van der Waals surface area contributed by atoms with Gasteiger partial charge in [0.15, 0.2) is 5.16 Å². The van der Waals surface area contributed by atoms with Gasteiger partial charge >= 0.3 is 0 Å². The summed E-state index contributed by atoms with van der Waals surface area (Å²) in [7, 11) is 2.02. The lowest BCUT2D eigenvalue weighted by atomic mass is 10.7. The summed E-state index contributed by atoms with van der Waals surface area (Å²) in [4.78, 5) is 4.21. The first-order chi connectivity index (χ1) is 5.84. The highest BCUT2D eigenvalue weighted by Gasteiger charge is 1.97. The quantitative estimate of drug-likeness (QED) is 0.551. The zero-order valence-corrected chi connectivity index (χ0v) is 8.40. The molecule has 0 unspecified atom stereocenters. The van der Waals surface area contributed by atoms with Crippen LogP contribution in [0.2, 0.25) is 0 Å². The number of imidazole rings is 1. The first-order valence-electron chi connectivity index (χ1n) is 4.15. The molecule has 0 aromatic carbocycles. The van der Waals surface area contributed by atoms with Crippen molar-refractivity contribution in [2.24, 2.45) is 7.05 Å². The van der Waals surface area contributed by atoms with E-state index in [9.17, 15) is 0 Å². The molecule has 1 aromatic heterocycles. The summed E-state index contributed by atoms with van der Waals surface area (Å²) >= 11 is 1.78. The molecule has 4 heteroatoms. The molecule has 1 N–H and O–H groups in total. The second-order valence-electron chi connectivity index (χ2n) is 2.52. The summed E-state index contributed by atoms with van der Waals surface area (Å²) in [6.45, 7) is 4.21. The van der Waals surface area contributed by atoms with Crippen LogP contribution in [-0.2, 0) is 7.05 Å². The topological polar surface area (TPSA) is 29.9 Å². The highest BCUT2D eigenvalue weighted by atomic mass is 32.2. The minimum atomic E-state index is 1.04. The van der Waals surface area contributed by atoms with Gasteiger partial charge in [0.1, 0.15) is 0 Å². The minimum Gasteiger partial charge on any atom is -0.329 e. The number of thioether (sulfide) groups is 1. The Bertz CT molecular complexity index is 222. The standard InChI is InChI=1S/C8H15N3S/c1-3-9-5-7-12-8-10-4-6-11(8)2/h4,6,9H,3,5,7H2,1-2H3. The molecule has 0 radical (unpaired) electrons. The van der Waals surface area contributed by atoms with Crippen LogP contribution in [0.5, 0.6) is 0 Å². The van der Waals surface area contributed by atoms with E-state index in [1.807, 2.05) is 24.0 Å². The van der Waals surface area contributed by atoms with E-state index in [2.05, 4.69) is 17.2 Å². The molecule has 0 amide bonds. The maximum atomic E-state index is 4.21. The van der Waals surface area contributed by atoms with Crippen LogP contribution in [0.4, 0.5) is 0 Å². The van der Waals surface area contributed by atoms with Crippen molar-refractivity contribution in [3.63, 3.8) is 0 Å². The van der Waals surface area contributed by atoms with Crippen molar-refractivity contribution in [2.45, 2.75) is 12.1 Å². The maximum absolute atomic E-state index is 4.21. The highest BCUT2D eigenvalue weighted by molar-refractivity contribution is 7.99. The molecule has 68 valence electrons. The molecule has 1 aromatic rings. The lowest BCUT2D eigenvalue weighted by Crippen LogP contribution is -2.16. The average molecular weight is 185 g/mol. The fraction of sp³-hybridized carbons (Fsp3) is 0.625. The van der Waals surface area contributed by atoms with Crippen molar-refractivity contribution >= 4 is 11.8 Å². The summed E-state index contributed by atoms with van der Waals surface area (Å²) in [5, 5.41) is 4.36. The molecule has 0 aliphatic carbocycles. The molecule has 0 saturated heterocycles. The molecule has 3 nitrogen and oxygen atoms in total. The molecule has 0 aliphatic rings. The van der Waals surface area contributed by atoms with Crippen LogP contribution >= 0.6 is 11.8 Å². The third-order valence-corrected chi connectivity index (χ3v) is 2.60. The van der Waals surface area contributed by atoms with Crippen molar-refractivity contribution in [3.8, 4) is 0 Å². The van der Waals surface area contributed by atoms with Crippen molar-refractivity contribution in [1.82, 2.24) is 14.9 Å². The van der Waals surface area contributed by atoms with Crippen LogP contribution in [0, 0.1) is 0 Å². The summed E-state index contributed by atoms with van der Waals surface area (Å²) in [5.41, 5.74) is 0. The number of rotatable bonds is 5. The Morgan fingerprint density at radius 1 is 1.67 bits per heavy atom. The van der Waals surface area contributed by atoms with Gasteiger partial charge in [-0.3, -0.25) is 0 Å². The fourth-order valence-electron chi connectivity index (χ4n) is 0.882. The minimum absolute atomic E-state index is 1.04. The van der Waals surface area contributed by atoms with Crippen LogP contribution in [0.1, 0.15) is 6.92 Å². The van der Waals surface area contributed by atoms with E-state index in [1.165, 1.54) is 0 Å². The molecule has 0 saturated carbocycles. The second kappa shape index (κ2) is 5.22. The van der Waals surface area contributed by atoms with Crippen molar-refractivity contribution < 1.29 is 0 Å². The van der Waals surface area contributed by atoms with Crippen LogP contribution < -0.4 is 5.32 Å². The Balaban J connectivity index is 2.20. The SMILES string of the molecule is CCNCCSc1nccn1C. The third-order valence-electron chi connectivity index (χ3n) is 1.54. The van der Waals surface area contributed by atoms with Crippen LogP contribution in [0.3, 0.4) is 0 Å². The molecule has 0 atom stereocenters. The molecule has 0 aliphatic heterocycles. The number of hydrogen-bond donors (Lipinski definition) is 1. The molecule has 1 rings (SSSR count). The maximum Gasteiger partial charge on any atom is 0.167 e. The van der Waals surface area contributed by atoms with Gasteiger partial charge in [0.2, 0.25) is 0 Å². The monoisotopic (exact) mass is 185 g/mol. The van der Waals surface area contributed by atoms with Crippen molar-refractivity contribution in [1.29, 1.82) is 0 Å². The second-order valence-corrected chi connectivity index (χ2v) is 3.58. The van der Waals surface area contributed by atoms with Gasteiger partial charge in [0.25, 0.3) is 0 Å². The number of aryl methyl sites for hydroxylation is 1. The molecule has 0 fully saturated rings. The lowest BCUT2D eigenvalue weighted by molar-refractivity contribution is 0.760. The van der Waals surface area contributed by atoms with E-state index in [0.717, 1.165) is 24.0 Å². The van der Waals surface area contributed by atoms with Gasteiger partial charge in [-0.2, -0.15) is 0 Å². The van der Waals surface area contributed by atoms with Crippen LogP contribution in [-0.4, -0.2) is 28.4 Å². The van der Waals surface area contributed by atoms with Gasteiger partial charge in [-0.05, 0) is 6.54 Å². The Morgan fingerprint density at radius 3 is 3.08 bits per heavy atom. The van der Waals surface area contributed by atoms with E-state index in [1.54, 1.807) is 11.8 Å². The first-order valence-corrected chi connectivity index (χ1v) is 5.14. The number of hydrogen-bond acceptors (Lipinski definition) is 3. The van der Waals surface area contributed by atoms with Gasteiger partial charge in [0, 0.05) is 31.7 Å². The summed E-state index contributed by atoms with van der Waals surface area (Å²) in [5.74, 6) is 1.08. The van der Waals surface area contributed by atoms with E-state index < -0.39 is 0 Å². The van der Waals surface area contributed by atoms with Gasteiger partial charge in [-0.15, -0.1) is 0 Å². The zero-order valence-electron chi connectivity index (χ0n) is 7.58. The van der Waals surface area contributed by atoms with E-state index in [4.69, 9.17) is 0 Å². The molecule has 0 spiro atoms. The smallest absolute Gasteiger partial charge is 0.167 e. The molecule has 0 bridgehead atoms. The van der Waals surface area contributed by atoms with E-state index >= 15 is 0 Å².